The van der Waals surface area contributed by atoms with Gasteiger partial charge in [0.15, 0.2) is 5.75 Å². The second-order valence-corrected chi connectivity index (χ2v) is 4.11. The molecule has 0 bridgehead atoms. The number of benzene rings is 2. The van der Waals surface area contributed by atoms with Crippen molar-refractivity contribution in [3.8, 4) is 11.6 Å². The van der Waals surface area contributed by atoms with E-state index in [0.717, 1.165) is 10.8 Å². The van der Waals surface area contributed by atoms with Crippen molar-refractivity contribution in [3.05, 3.63) is 60.6 Å². The highest BCUT2D eigenvalue weighted by molar-refractivity contribution is 6.00. The van der Waals surface area contributed by atoms with E-state index >= 15 is 0 Å². The van der Waals surface area contributed by atoms with Gasteiger partial charge in [-0.1, -0.05) is 30.3 Å². The molecule has 20 heavy (non-hydrogen) atoms. The van der Waals surface area contributed by atoms with E-state index in [1.54, 1.807) is 6.07 Å². The Morgan fingerprint density at radius 3 is 2.70 bits per heavy atom. The van der Waals surface area contributed by atoms with Crippen LogP contribution in [0.25, 0.3) is 10.8 Å². The van der Waals surface area contributed by atoms with Crippen LogP contribution in [0.5, 0.6) is 11.6 Å². The summed E-state index contributed by atoms with van der Waals surface area (Å²) in [4.78, 5) is 19.2. The molecule has 3 rings (SSSR count). The minimum atomic E-state index is -1.05. The Bertz CT molecular complexity index is 772. The first-order valence-corrected chi connectivity index (χ1v) is 5.94. The summed E-state index contributed by atoms with van der Waals surface area (Å²) in [6, 6.07) is 10.7. The fourth-order valence-corrected chi connectivity index (χ4v) is 1.96. The molecule has 0 aliphatic carbocycles. The summed E-state index contributed by atoms with van der Waals surface area (Å²) in [5, 5.41) is 10.9. The first-order chi connectivity index (χ1) is 9.75. The van der Waals surface area contributed by atoms with Crippen LogP contribution in [-0.4, -0.2) is 21.0 Å². The predicted molar refractivity (Wildman–Crippen MR) is 73.0 cm³/mol. The van der Waals surface area contributed by atoms with Crippen LogP contribution in [0.15, 0.2) is 55.0 Å². The van der Waals surface area contributed by atoms with Crippen LogP contribution >= 0.6 is 0 Å². The summed E-state index contributed by atoms with van der Waals surface area (Å²) < 4.78 is 5.63. The Morgan fingerprint density at radius 2 is 1.95 bits per heavy atom. The molecule has 5 nitrogen and oxygen atoms in total. The van der Waals surface area contributed by atoms with Crippen molar-refractivity contribution >= 4 is 16.7 Å². The normalized spacial score (nSPS) is 10.4. The molecule has 2 aromatic carbocycles. The molecule has 0 aliphatic rings. The highest BCUT2D eigenvalue weighted by Gasteiger charge is 2.15. The molecule has 0 saturated heterocycles. The van der Waals surface area contributed by atoms with E-state index in [0.29, 0.717) is 0 Å². The lowest BCUT2D eigenvalue weighted by molar-refractivity contribution is 0.0694. The van der Waals surface area contributed by atoms with Crippen LogP contribution in [0.1, 0.15) is 10.4 Å². The third-order valence-corrected chi connectivity index (χ3v) is 2.86. The van der Waals surface area contributed by atoms with Crippen molar-refractivity contribution in [2.45, 2.75) is 0 Å². The summed E-state index contributed by atoms with van der Waals surface area (Å²) in [5.41, 5.74) is 0.0920. The van der Waals surface area contributed by atoms with Crippen LogP contribution in [0.3, 0.4) is 0 Å². The Kier molecular flexibility index (Phi) is 3.01. The number of fused-ring (bicyclic) bond motifs is 1. The summed E-state index contributed by atoms with van der Waals surface area (Å²) in [6.45, 7) is 0. The lowest BCUT2D eigenvalue weighted by Crippen LogP contribution is -2.01. The van der Waals surface area contributed by atoms with E-state index in [2.05, 4.69) is 9.97 Å². The fourth-order valence-electron chi connectivity index (χ4n) is 1.96. The molecular weight excluding hydrogens is 256 g/mol. The molecule has 5 heteroatoms. The number of aromatic nitrogens is 2. The van der Waals surface area contributed by atoms with Crippen molar-refractivity contribution in [1.29, 1.82) is 0 Å². The molecule has 3 aromatic rings. The van der Waals surface area contributed by atoms with Gasteiger partial charge in [-0.2, -0.15) is 0 Å². The van der Waals surface area contributed by atoms with Gasteiger partial charge >= 0.3 is 5.97 Å². The van der Waals surface area contributed by atoms with Gasteiger partial charge in [0.2, 0.25) is 5.88 Å². The maximum absolute atomic E-state index is 11.3. The summed E-state index contributed by atoms with van der Waals surface area (Å²) >= 11 is 0. The average Bonchev–Trinajstić information content (AvgIpc) is 2.48. The molecule has 1 N–H and O–H groups in total. The minimum Gasteiger partial charge on any atom is -0.478 e. The van der Waals surface area contributed by atoms with Crippen molar-refractivity contribution in [1.82, 2.24) is 9.97 Å². The smallest absolute Gasteiger partial charge is 0.339 e. The lowest BCUT2D eigenvalue weighted by Gasteiger charge is -2.10. The van der Waals surface area contributed by atoms with Crippen molar-refractivity contribution in [3.63, 3.8) is 0 Å². The van der Waals surface area contributed by atoms with E-state index in [1.807, 2.05) is 24.3 Å². The van der Waals surface area contributed by atoms with Crippen molar-refractivity contribution in [2.24, 2.45) is 0 Å². The molecule has 1 heterocycles. The number of hydrogen-bond donors (Lipinski definition) is 1. The van der Waals surface area contributed by atoms with Crippen LogP contribution in [0.2, 0.25) is 0 Å². The highest BCUT2D eigenvalue weighted by Crippen LogP contribution is 2.32. The van der Waals surface area contributed by atoms with E-state index in [9.17, 15) is 9.90 Å². The summed E-state index contributed by atoms with van der Waals surface area (Å²) in [6.07, 6.45) is 4.45. The molecule has 0 spiro atoms. The second-order valence-electron chi connectivity index (χ2n) is 4.11. The number of aromatic carboxylic acids is 1. The zero-order chi connectivity index (χ0) is 13.9. The predicted octanol–water partition coefficient (Wildman–Crippen LogP) is 3.12. The maximum atomic E-state index is 11.3. The number of rotatable bonds is 3. The highest BCUT2D eigenvalue weighted by atomic mass is 16.5. The molecule has 1 aromatic heterocycles. The number of ether oxygens (including phenoxy) is 1. The molecule has 0 unspecified atom stereocenters. The molecular formula is C15H10N2O3. The molecule has 0 amide bonds. The van der Waals surface area contributed by atoms with Crippen LogP contribution in [-0.2, 0) is 0 Å². The lowest BCUT2D eigenvalue weighted by atomic mass is 10.1. The quantitative estimate of drug-likeness (QED) is 0.788. The topological polar surface area (TPSA) is 72.3 Å². The number of nitrogens with zero attached hydrogens (tertiary/aromatic N) is 2. The SMILES string of the molecule is O=C(O)c1ccc2ccccc2c1Oc1cnccn1. The molecule has 0 fully saturated rings. The number of hydrogen-bond acceptors (Lipinski definition) is 4. The molecule has 0 saturated carbocycles. The van der Waals surface area contributed by atoms with Gasteiger partial charge in [-0.3, -0.25) is 4.98 Å². The third kappa shape index (κ3) is 2.16. The number of carboxylic acids is 1. The first-order valence-electron chi connectivity index (χ1n) is 5.94. The summed E-state index contributed by atoms with van der Waals surface area (Å²) in [5.74, 6) is -0.517. The van der Waals surface area contributed by atoms with Gasteiger partial charge in [0.1, 0.15) is 5.56 Å². The van der Waals surface area contributed by atoms with Crippen molar-refractivity contribution in [2.75, 3.05) is 0 Å². The van der Waals surface area contributed by atoms with E-state index in [-0.39, 0.29) is 17.2 Å². The van der Waals surface area contributed by atoms with Crippen molar-refractivity contribution < 1.29 is 14.6 Å². The van der Waals surface area contributed by atoms with Crippen LogP contribution in [0.4, 0.5) is 0 Å². The van der Waals surface area contributed by atoms with Crippen LogP contribution < -0.4 is 4.74 Å². The van der Waals surface area contributed by atoms with Gasteiger partial charge in [0.05, 0.1) is 6.20 Å². The Balaban J connectivity index is 2.20. The second kappa shape index (κ2) is 4.97. The fraction of sp³-hybridized carbons (Fsp3) is 0. The van der Waals surface area contributed by atoms with Gasteiger partial charge in [0.25, 0.3) is 0 Å². The minimum absolute atomic E-state index is 0.0920. The van der Waals surface area contributed by atoms with Gasteiger partial charge in [-0.05, 0) is 11.5 Å². The monoisotopic (exact) mass is 266 g/mol. The largest absolute Gasteiger partial charge is 0.478 e. The van der Waals surface area contributed by atoms with E-state index in [1.165, 1.54) is 24.7 Å². The van der Waals surface area contributed by atoms with E-state index < -0.39 is 5.97 Å². The molecule has 98 valence electrons. The maximum Gasteiger partial charge on any atom is 0.339 e. The Hall–Kier alpha value is -2.95. The van der Waals surface area contributed by atoms with Gasteiger partial charge in [-0.15, -0.1) is 0 Å². The Morgan fingerprint density at radius 1 is 1.10 bits per heavy atom. The first kappa shape index (κ1) is 12.1. The summed E-state index contributed by atoms with van der Waals surface area (Å²) in [7, 11) is 0. The molecule has 0 atom stereocenters. The molecule has 0 radical (unpaired) electrons. The number of carboxylic acid groups (broad SMARTS) is 1. The van der Waals surface area contributed by atoms with Gasteiger partial charge < -0.3 is 9.84 Å². The van der Waals surface area contributed by atoms with Crippen LogP contribution in [0, 0.1) is 0 Å². The third-order valence-electron chi connectivity index (χ3n) is 2.86. The van der Waals surface area contributed by atoms with E-state index in [4.69, 9.17) is 4.74 Å². The van der Waals surface area contributed by atoms with Gasteiger partial charge in [0, 0.05) is 17.8 Å². The Labute approximate surface area is 114 Å². The average molecular weight is 266 g/mol. The standard InChI is InChI=1S/C15H10N2O3/c18-15(19)12-6-5-10-3-1-2-4-11(10)14(12)20-13-9-16-7-8-17-13/h1-9H,(H,18,19). The molecule has 0 aliphatic heterocycles. The van der Waals surface area contributed by atoms with Gasteiger partial charge in [-0.25, -0.2) is 9.78 Å². The number of carbonyl (C=O) groups is 1. The zero-order valence-electron chi connectivity index (χ0n) is 10.4. The zero-order valence-corrected chi connectivity index (χ0v) is 10.4.